The molecule has 4 atom stereocenters. The molecule has 14 heavy (non-hydrogen) atoms. The summed E-state index contributed by atoms with van der Waals surface area (Å²) in [4.78, 5) is 10.7. The lowest BCUT2D eigenvalue weighted by Gasteiger charge is -2.21. The van der Waals surface area contributed by atoms with Crippen LogP contribution in [0.15, 0.2) is 0 Å². The van der Waals surface area contributed by atoms with Gasteiger partial charge in [0.25, 0.3) is 0 Å². The third-order valence-corrected chi connectivity index (χ3v) is 2.34. The molecule has 6 heteroatoms. The fourth-order valence-corrected chi connectivity index (χ4v) is 1.75. The molecular weight excluding hydrogens is 190 g/mol. The smallest absolute Gasteiger partial charge is 0.334 e. The van der Waals surface area contributed by atoms with Crippen molar-refractivity contribution in [2.75, 3.05) is 0 Å². The Balaban J connectivity index is 2.11. The van der Waals surface area contributed by atoms with Crippen LogP contribution in [-0.2, 0) is 19.0 Å². The molecule has 0 unspecified atom stereocenters. The van der Waals surface area contributed by atoms with E-state index in [2.05, 4.69) is 0 Å². The van der Waals surface area contributed by atoms with Gasteiger partial charge in [-0.1, -0.05) is 0 Å². The molecule has 0 aromatic rings. The molecule has 6 nitrogen and oxygen atoms in total. The predicted octanol–water partition coefficient (Wildman–Crippen LogP) is -0.725. The summed E-state index contributed by atoms with van der Waals surface area (Å²) in [6.45, 7) is 3.47. The van der Waals surface area contributed by atoms with Crippen molar-refractivity contribution < 1.29 is 24.1 Å². The minimum absolute atomic E-state index is 0.494. The van der Waals surface area contributed by atoms with E-state index in [1.54, 1.807) is 13.8 Å². The highest BCUT2D eigenvalue weighted by atomic mass is 16.8. The van der Waals surface area contributed by atoms with Crippen molar-refractivity contribution in [1.29, 1.82) is 0 Å². The maximum atomic E-state index is 10.7. The lowest BCUT2D eigenvalue weighted by molar-refractivity contribution is -0.211. The van der Waals surface area contributed by atoms with Crippen LogP contribution in [-0.4, -0.2) is 41.4 Å². The summed E-state index contributed by atoms with van der Waals surface area (Å²) < 4.78 is 15.9. The molecule has 2 rings (SSSR count). The van der Waals surface area contributed by atoms with Crippen LogP contribution in [0.25, 0.3) is 0 Å². The van der Waals surface area contributed by atoms with Gasteiger partial charge in [0.1, 0.15) is 6.10 Å². The Morgan fingerprint density at radius 3 is 2.57 bits per heavy atom. The van der Waals surface area contributed by atoms with E-state index in [9.17, 15) is 4.79 Å². The maximum Gasteiger partial charge on any atom is 0.334 e. The lowest BCUT2D eigenvalue weighted by Crippen LogP contribution is -2.44. The van der Waals surface area contributed by atoms with E-state index >= 15 is 0 Å². The van der Waals surface area contributed by atoms with Crippen LogP contribution in [0.2, 0.25) is 0 Å². The first-order chi connectivity index (χ1) is 6.41. The predicted molar refractivity (Wildman–Crippen MR) is 44.3 cm³/mol. The van der Waals surface area contributed by atoms with Crippen molar-refractivity contribution >= 4 is 5.97 Å². The zero-order valence-corrected chi connectivity index (χ0v) is 7.97. The first-order valence-corrected chi connectivity index (χ1v) is 4.40. The number of rotatable bonds is 1. The van der Waals surface area contributed by atoms with Crippen LogP contribution in [0.1, 0.15) is 13.8 Å². The highest BCUT2D eigenvalue weighted by molar-refractivity contribution is 5.74. The number of fused-ring (bicyclic) bond motifs is 1. The van der Waals surface area contributed by atoms with Crippen LogP contribution >= 0.6 is 0 Å². The van der Waals surface area contributed by atoms with Crippen molar-refractivity contribution in [3.05, 3.63) is 0 Å². The zero-order valence-electron chi connectivity index (χ0n) is 7.97. The second-order valence-electron chi connectivity index (χ2n) is 3.94. The third-order valence-electron chi connectivity index (χ3n) is 2.34. The monoisotopic (exact) mass is 203 g/mol. The van der Waals surface area contributed by atoms with Crippen LogP contribution in [0.4, 0.5) is 0 Å². The van der Waals surface area contributed by atoms with Crippen molar-refractivity contribution in [2.24, 2.45) is 5.73 Å². The third kappa shape index (κ3) is 1.40. The lowest BCUT2D eigenvalue weighted by atomic mass is 10.1. The number of carboxylic acid groups (broad SMARTS) is 1. The molecule has 0 aromatic heterocycles. The van der Waals surface area contributed by atoms with Crippen molar-refractivity contribution in [3.63, 3.8) is 0 Å². The molecule has 0 bridgehead atoms. The van der Waals surface area contributed by atoms with E-state index in [0.717, 1.165) is 0 Å². The molecule has 2 fully saturated rings. The maximum absolute atomic E-state index is 10.7. The standard InChI is InChI=1S/C8H13NO5/c1-8(2)13-5-3(9)4(6(10)11)12-7(5)14-8/h3-5,7H,9H2,1-2H3,(H,10,11)/t3-,4+,5-,7-/m1/s1. The number of hydrogen-bond donors (Lipinski definition) is 2. The average Bonchev–Trinajstić information content (AvgIpc) is 2.46. The van der Waals surface area contributed by atoms with Crippen LogP contribution in [0, 0.1) is 0 Å². The van der Waals surface area contributed by atoms with E-state index in [4.69, 9.17) is 25.1 Å². The van der Waals surface area contributed by atoms with E-state index in [0.29, 0.717) is 0 Å². The second kappa shape index (κ2) is 2.90. The molecule has 2 saturated heterocycles. The molecular formula is C8H13NO5. The number of carboxylic acids is 1. The normalized spacial score (nSPS) is 45.1. The van der Waals surface area contributed by atoms with Gasteiger partial charge >= 0.3 is 5.97 Å². The Hall–Kier alpha value is -0.690. The first-order valence-electron chi connectivity index (χ1n) is 4.40. The van der Waals surface area contributed by atoms with Gasteiger partial charge in [0.2, 0.25) is 0 Å². The summed E-state index contributed by atoms with van der Waals surface area (Å²) in [5.41, 5.74) is 5.68. The molecule has 3 N–H and O–H groups in total. The molecule has 0 aliphatic carbocycles. The van der Waals surface area contributed by atoms with E-state index in [1.807, 2.05) is 0 Å². The minimum Gasteiger partial charge on any atom is -0.479 e. The van der Waals surface area contributed by atoms with Gasteiger partial charge in [-0.05, 0) is 13.8 Å². The van der Waals surface area contributed by atoms with Crippen molar-refractivity contribution in [2.45, 2.75) is 44.2 Å². The molecule has 2 aliphatic heterocycles. The van der Waals surface area contributed by atoms with Gasteiger partial charge in [-0.3, -0.25) is 0 Å². The molecule has 0 aromatic carbocycles. The number of carbonyl (C=O) groups is 1. The first kappa shape index (κ1) is 9.85. The summed E-state index contributed by atoms with van der Waals surface area (Å²) in [5, 5.41) is 8.75. The van der Waals surface area contributed by atoms with Gasteiger partial charge in [-0.25, -0.2) is 4.79 Å². The Morgan fingerprint density at radius 1 is 1.43 bits per heavy atom. The summed E-state index contributed by atoms with van der Waals surface area (Å²) in [6.07, 6.45) is -2.20. The van der Waals surface area contributed by atoms with Crippen molar-refractivity contribution in [3.8, 4) is 0 Å². The second-order valence-corrected chi connectivity index (χ2v) is 3.94. The average molecular weight is 203 g/mol. The van der Waals surface area contributed by atoms with Gasteiger partial charge in [0.15, 0.2) is 18.2 Å². The molecule has 2 heterocycles. The zero-order chi connectivity index (χ0) is 10.5. The van der Waals surface area contributed by atoms with Gasteiger partial charge in [-0.15, -0.1) is 0 Å². The van der Waals surface area contributed by atoms with E-state index in [1.165, 1.54) is 0 Å². The number of nitrogens with two attached hydrogens (primary N) is 1. The largest absolute Gasteiger partial charge is 0.479 e. The summed E-state index contributed by atoms with van der Waals surface area (Å²) in [5.74, 6) is -1.84. The van der Waals surface area contributed by atoms with Gasteiger partial charge in [0.05, 0.1) is 6.04 Å². The quantitative estimate of drug-likeness (QED) is 0.584. The molecule has 2 aliphatic rings. The Morgan fingerprint density at radius 2 is 2.07 bits per heavy atom. The van der Waals surface area contributed by atoms with Crippen molar-refractivity contribution in [1.82, 2.24) is 0 Å². The highest BCUT2D eigenvalue weighted by Gasteiger charge is 2.55. The Kier molecular flexibility index (Phi) is 2.04. The number of hydrogen-bond acceptors (Lipinski definition) is 5. The molecule has 0 spiro atoms. The highest BCUT2D eigenvalue weighted by Crippen LogP contribution is 2.36. The van der Waals surface area contributed by atoms with Gasteiger partial charge in [-0.2, -0.15) is 0 Å². The molecule has 80 valence electrons. The summed E-state index contributed by atoms with van der Waals surface area (Å²) in [6, 6.07) is -0.681. The molecule has 0 amide bonds. The van der Waals surface area contributed by atoms with Crippen LogP contribution < -0.4 is 5.73 Å². The number of aliphatic carboxylic acids is 1. The van der Waals surface area contributed by atoms with Crippen LogP contribution in [0.5, 0.6) is 0 Å². The minimum atomic E-state index is -1.09. The fraction of sp³-hybridized carbons (Fsp3) is 0.875. The summed E-state index contributed by atoms with van der Waals surface area (Å²) >= 11 is 0. The van der Waals surface area contributed by atoms with Gasteiger partial charge < -0.3 is 25.1 Å². The molecule has 0 radical (unpaired) electrons. The fourth-order valence-electron chi connectivity index (χ4n) is 1.75. The topological polar surface area (TPSA) is 91.0 Å². The SMILES string of the molecule is CC1(C)O[C@H]2O[C@H](C(=O)O)[C@@H](N)[C@H]2O1. The number of ether oxygens (including phenoxy) is 3. The summed E-state index contributed by atoms with van der Waals surface area (Å²) in [7, 11) is 0. The molecule has 0 saturated carbocycles. The van der Waals surface area contributed by atoms with Gasteiger partial charge in [0, 0.05) is 0 Å². The Bertz CT molecular complexity index is 266. The van der Waals surface area contributed by atoms with E-state index < -0.39 is 36.3 Å². The van der Waals surface area contributed by atoms with E-state index in [-0.39, 0.29) is 0 Å². The van der Waals surface area contributed by atoms with Crippen LogP contribution in [0.3, 0.4) is 0 Å². The Labute approximate surface area is 80.9 Å².